The normalized spacial score (nSPS) is 10.6. The predicted molar refractivity (Wildman–Crippen MR) is 75.9 cm³/mol. The summed E-state index contributed by atoms with van der Waals surface area (Å²) in [6.07, 6.45) is 1.38. The van der Waals surface area contributed by atoms with Gasteiger partial charge in [-0.1, -0.05) is 28.1 Å². The summed E-state index contributed by atoms with van der Waals surface area (Å²) in [6, 6.07) is 14.6. The molecule has 0 aliphatic carbocycles. The largest absolute Gasteiger partial charge is 0.457 e. The van der Waals surface area contributed by atoms with Crippen molar-refractivity contribution in [1.29, 1.82) is 0 Å². The average Bonchev–Trinajstić information content (AvgIpc) is 2.39. The van der Waals surface area contributed by atoms with E-state index in [0.29, 0.717) is 11.5 Å². The summed E-state index contributed by atoms with van der Waals surface area (Å²) in [5.74, 6) is 0.548. The molecule has 0 aliphatic heterocycles. The van der Waals surface area contributed by atoms with E-state index in [1.54, 1.807) is 6.07 Å². The number of rotatable bonds is 2. The summed E-state index contributed by atoms with van der Waals surface area (Å²) >= 11 is 3.43. The molecule has 0 bridgehead atoms. The minimum atomic E-state index is -0.554. The number of benzene rings is 2. The predicted octanol–water partition coefficient (Wildman–Crippen LogP) is 4.93. The van der Waals surface area contributed by atoms with Gasteiger partial charge in [0.25, 0.3) is 0 Å². The van der Waals surface area contributed by atoms with Crippen LogP contribution in [0.2, 0.25) is 0 Å². The molecule has 0 atom stereocenters. The third-order valence-corrected chi connectivity index (χ3v) is 3.20. The number of aromatic nitrogens is 1. The summed E-state index contributed by atoms with van der Waals surface area (Å²) in [4.78, 5) is 3.49. The molecule has 0 amide bonds. The summed E-state index contributed by atoms with van der Waals surface area (Å²) in [5.41, 5.74) is 0. The highest BCUT2D eigenvalue weighted by atomic mass is 79.9. The van der Waals surface area contributed by atoms with Gasteiger partial charge in [-0.25, -0.2) is 4.98 Å². The van der Waals surface area contributed by atoms with Gasteiger partial charge >= 0.3 is 0 Å². The minimum absolute atomic E-state index is 0.434. The van der Waals surface area contributed by atoms with Gasteiger partial charge in [-0.2, -0.15) is 4.39 Å². The quantitative estimate of drug-likeness (QED) is 0.625. The SMILES string of the molecule is Fc1cc(Oc2ccc3cc(Br)ccc3c2)ccn1. The molecule has 0 fully saturated rings. The molecule has 1 heterocycles. The van der Waals surface area contributed by atoms with Gasteiger partial charge in [0.1, 0.15) is 11.5 Å². The summed E-state index contributed by atoms with van der Waals surface area (Å²) in [7, 11) is 0. The Morgan fingerprint density at radius 3 is 2.47 bits per heavy atom. The highest BCUT2D eigenvalue weighted by Crippen LogP contribution is 2.27. The Kier molecular flexibility index (Phi) is 3.17. The van der Waals surface area contributed by atoms with Gasteiger partial charge in [0.15, 0.2) is 0 Å². The molecule has 1 aromatic heterocycles. The van der Waals surface area contributed by atoms with E-state index in [1.165, 1.54) is 12.3 Å². The number of pyridine rings is 1. The fourth-order valence-electron chi connectivity index (χ4n) is 1.84. The van der Waals surface area contributed by atoms with Crippen LogP contribution in [0.15, 0.2) is 59.2 Å². The second-order valence-corrected chi connectivity index (χ2v) is 4.99. The van der Waals surface area contributed by atoms with Crippen LogP contribution in [0, 0.1) is 5.95 Å². The van der Waals surface area contributed by atoms with Gasteiger partial charge in [0, 0.05) is 16.7 Å². The minimum Gasteiger partial charge on any atom is -0.457 e. The number of hydrogen-bond donors (Lipinski definition) is 0. The fourth-order valence-corrected chi connectivity index (χ4v) is 2.22. The highest BCUT2D eigenvalue weighted by molar-refractivity contribution is 9.10. The Labute approximate surface area is 118 Å². The molecule has 2 aromatic carbocycles. The molecule has 0 aliphatic rings. The zero-order chi connectivity index (χ0) is 13.2. The topological polar surface area (TPSA) is 22.1 Å². The molecule has 2 nitrogen and oxygen atoms in total. The molecule has 0 unspecified atom stereocenters. The maximum absolute atomic E-state index is 13.0. The second kappa shape index (κ2) is 4.97. The molecule has 4 heteroatoms. The lowest BCUT2D eigenvalue weighted by molar-refractivity contribution is 0.473. The smallest absolute Gasteiger partial charge is 0.216 e. The fraction of sp³-hybridized carbons (Fsp3) is 0. The molecule has 0 saturated heterocycles. The number of nitrogens with zero attached hydrogens (tertiary/aromatic N) is 1. The molecular weight excluding hydrogens is 309 g/mol. The van der Waals surface area contributed by atoms with Gasteiger partial charge in [0.2, 0.25) is 5.95 Å². The van der Waals surface area contributed by atoms with Gasteiger partial charge < -0.3 is 4.74 Å². The van der Waals surface area contributed by atoms with Crippen LogP contribution >= 0.6 is 15.9 Å². The first-order valence-electron chi connectivity index (χ1n) is 5.69. The van der Waals surface area contributed by atoms with Crippen LogP contribution < -0.4 is 4.74 Å². The van der Waals surface area contributed by atoms with Gasteiger partial charge in [-0.05, 0) is 41.1 Å². The van der Waals surface area contributed by atoms with Crippen LogP contribution in [0.5, 0.6) is 11.5 Å². The Balaban J connectivity index is 1.95. The first-order valence-corrected chi connectivity index (χ1v) is 6.49. The second-order valence-electron chi connectivity index (χ2n) is 4.07. The van der Waals surface area contributed by atoms with Crippen molar-refractivity contribution in [3.05, 3.63) is 65.1 Å². The van der Waals surface area contributed by atoms with E-state index in [-0.39, 0.29) is 0 Å². The molecule has 94 valence electrons. The molecule has 0 saturated carbocycles. The van der Waals surface area contributed by atoms with Crippen molar-refractivity contribution < 1.29 is 9.13 Å². The van der Waals surface area contributed by atoms with Crippen molar-refractivity contribution >= 4 is 26.7 Å². The van der Waals surface area contributed by atoms with Gasteiger partial charge in [0.05, 0.1) is 0 Å². The molecule has 0 radical (unpaired) electrons. The lowest BCUT2D eigenvalue weighted by Gasteiger charge is -2.07. The lowest BCUT2D eigenvalue weighted by atomic mass is 10.1. The van der Waals surface area contributed by atoms with Crippen LogP contribution in [-0.2, 0) is 0 Å². The highest BCUT2D eigenvalue weighted by Gasteiger charge is 2.01. The van der Waals surface area contributed by atoms with Crippen molar-refractivity contribution in [3.8, 4) is 11.5 Å². The summed E-state index contributed by atoms with van der Waals surface area (Å²) < 4.78 is 19.6. The van der Waals surface area contributed by atoms with Crippen molar-refractivity contribution in [2.45, 2.75) is 0 Å². The summed E-state index contributed by atoms with van der Waals surface area (Å²) in [6.45, 7) is 0. The number of halogens is 2. The van der Waals surface area contributed by atoms with E-state index < -0.39 is 5.95 Å². The maximum atomic E-state index is 13.0. The molecule has 19 heavy (non-hydrogen) atoms. The first-order chi connectivity index (χ1) is 9.20. The van der Waals surface area contributed by atoms with Crippen LogP contribution in [0.25, 0.3) is 10.8 Å². The van der Waals surface area contributed by atoms with Crippen molar-refractivity contribution in [1.82, 2.24) is 4.98 Å². The van der Waals surface area contributed by atoms with Crippen molar-refractivity contribution in [3.63, 3.8) is 0 Å². The molecule has 0 N–H and O–H groups in total. The number of hydrogen-bond acceptors (Lipinski definition) is 2. The van der Waals surface area contributed by atoms with Crippen LogP contribution in [-0.4, -0.2) is 4.98 Å². The number of fused-ring (bicyclic) bond motifs is 1. The zero-order valence-corrected chi connectivity index (χ0v) is 11.4. The van der Waals surface area contributed by atoms with Crippen LogP contribution in [0.3, 0.4) is 0 Å². The number of ether oxygens (including phenoxy) is 1. The van der Waals surface area contributed by atoms with E-state index in [2.05, 4.69) is 20.9 Å². The zero-order valence-electron chi connectivity index (χ0n) is 9.81. The first kappa shape index (κ1) is 12.1. The molecule has 3 rings (SSSR count). The van der Waals surface area contributed by atoms with Gasteiger partial charge in [-0.15, -0.1) is 0 Å². The lowest BCUT2D eigenvalue weighted by Crippen LogP contribution is -1.87. The Morgan fingerprint density at radius 2 is 1.63 bits per heavy atom. The van der Waals surface area contributed by atoms with Gasteiger partial charge in [-0.3, -0.25) is 0 Å². The van der Waals surface area contributed by atoms with Crippen LogP contribution in [0.1, 0.15) is 0 Å². The maximum Gasteiger partial charge on any atom is 0.216 e. The Morgan fingerprint density at radius 1 is 0.895 bits per heavy atom. The van der Waals surface area contributed by atoms with E-state index in [1.807, 2.05) is 36.4 Å². The summed E-state index contributed by atoms with van der Waals surface area (Å²) in [5, 5.41) is 2.18. The standard InChI is InChI=1S/C15H9BrFNO/c16-12-3-1-11-8-13(4-2-10(11)7-12)19-14-5-6-18-15(17)9-14/h1-9H. The third kappa shape index (κ3) is 2.74. The average molecular weight is 318 g/mol. The van der Waals surface area contributed by atoms with E-state index in [9.17, 15) is 4.39 Å². The van der Waals surface area contributed by atoms with Crippen molar-refractivity contribution in [2.75, 3.05) is 0 Å². The Bertz CT molecular complexity index is 745. The van der Waals surface area contributed by atoms with E-state index >= 15 is 0 Å². The van der Waals surface area contributed by atoms with E-state index in [0.717, 1.165) is 15.2 Å². The van der Waals surface area contributed by atoms with Crippen molar-refractivity contribution in [2.24, 2.45) is 0 Å². The van der Waals surface area contributed by atoms with Crippen LogP contribution in [0.4, 0.5) is 4.39 Å². The Hall–Kier alpha value is -1.94. The monoisotopic (exact) mass is 317 g/mol. The molecule has 0 spiro atoms. The molecule has 3 aromatic rings. The molecular formula is C15H9BrFNO. The third-order valence-electron chi connectivity index (χ3n) is 2.71. The van der Waals surface area contributed by atoms with E-state index in [4.69, 9.17) is 4.74 Å².